The molecule has 0 radical (unpaired) electrons. The average molecular weight is 209 g/mol. The van der Waals surface area contributed by atoms with Crippen molar-refractivity contribution in [2.75, 3.05) is 13.1 Å². The second kappa shape index (κ2) is 6.13. The summed E-state index contributed by atoms with van der Waals surface area (Å²) in [6.07, 6.45) is 6.72. The summed E-state index contributed by atoms with van der Waals surface area (Å²) in [6, 6.07) is 0. The van der Waals surface area contributed by atoms with Crippen LogP contribution in [0.5, 0.6) is 0 Å². The van der Waals surface area contributed by atoms with Crippen molar-refractivity contribution in [2.45, 2.75) is 6.54 Å². The Morgan fingerprint density at radius 1 is 1.71 bits per heavy atom. The standard InChI is InChI=1S/C9H11N3OS/c1-2-3-10-6-8(13)12-7-9-11-4-5-14-9/h1,4-5,10H,3,6-7H2,(H,12,13). The second-order valence-electron chi connectivity index (χ2n) is 2.51. The number of nitrogens with one attached hydrogen (secondary N) is 2. The Kier molecular flexibility index (Phi) is 4.69. The number of nitrogens with zero attached hydrogens (tertiary/aromatic N) is 1. The summed E-state index contributed by atoms with van der Waals surface area (Å²) in [5.41, 5.74) is 0. The van der Waals surface area contributed by atoms with E-state index in [4.69, 9.17) is 6.42 Å². The SMILES string of the molecule is C#CCNCC(=O)NCc1nccs1. The van der Waals surface area contributed by atoms with Crippen molar-refractivity contribution >= 4 is 17.2 Å². The van der Waals surface area contributed by atoms with Crippen molar-refractivity contribution in [3.05, 3.63) is 16.6 Å². The summed E-state index contributed by atoms with van der Waals surface area (Å²) < 4.78 is 0. The van der Waals surface area contributed by atoms with Crippen LogP contribution in [-0.2, 0) is 11.3 Å². The zero-order chi connectivity index (χ0) is 10.2. The summed E-state index contributed by atoms with van der Waals surface area (Å²) >= 11 is 1.51. The van der Waals surface area contributed by atoms with Crippen LogP contribution in [0.4, 0.5) is 0 Å². The zero-order valence-corrected chi connectivity index (χ0v) is 8.43. The van der Waals surface area contributed by atoms with Crippen LogP contribution in [0.25, 0.3) is 0 Å². The third-order valence-electron chi connectivity index (χ3n) is 1.43. The lowest BCUT2D eigenvalue weighted by molar-refractivity contribution is -0.120. The molecule has 1 heterocycles. The molecule has 0 saturated carbocycles. The maximum absolute atomic E-state index is 11.1. The number of rotatable bonds is 5. The highest BCUT2D eigenvalue weighted by molar-refractivity contribution is 7.09. The van der Waals surface area contributed by atoms with E-state index in [1.807, 2.05) is 5.38 Å². The van der Waals surface area contributed by atoms with Crippen LogP contribution in [-0.4, -0.2) is 24.0 Å². The largest absolute Gasteiger partial charge is 0.348 e. The number of thiazole rings is 1. The van der Waals surface area contributed by atoms with Gasteiger partial charge in [-0.25, -0.2) is 4.98 Å². The minimum absolute atomic E-state index is 0.0737. The molecule has 0 bridgehead atoms. The molecule has 74 valence electrons. The maximum Gasteiger partial charge on any atom is 0.234 e. The van der Waals surface area contributed by atoms with Crippen LogP contribution in [0.1, 0.15) is 5.01 Å². The molecule has 0 aliphatic rings. The van der Waals surface area contributed by atoms with Crippen molar-refractivity contribution in [3.8, 4) is 12.3 Å². The molecule has 4 nitrogen and oxygen atoms in total. The minimum Gasteiger partial charge on any atom is -0.348 e. The summed E-state index contributed by atoms with van der Waals surface area (Å²) in [4.78, 5) is 15.2. The fraction of sp³-hybridized carbons (Fsp3) is 0.333. The van der Waals surface area contributed by atoms with Crippen LogP contribution in [0.3, 0.4) is 0 Å². The first-order valence-electron chi connectivity index (χ1n) is 4.12. The number of aromatic nitrogens is 1. The predicted octanol–water partition coefficient (Wildman–Crippen LogP) is -0.0179. The Morgan fingerprint density at radius 3 is 3.21 bits per heavy atom. The molecule has 5 heteroatoms. The molecule has 0 atom stereocenters. The van der Waals surface area contributed by atoms with Crippen LogP contribution < -0.4 is 10.6 Å². The quantitative estimate of drug-likeness (QED) is 0.529. The molecule has 0 unspecified atom stereocenters. The highest BCUT2D eigenvalue weighted by Gasteiger charge is 2.00. The van der Waals surface area contributed by atoms with Gasteiger partial charge in [-0.05, 0) is 0 Å². The highest BCUT2D eigenvalue weighted by atomic mass is 32.1. The number of hydrogen-bond acceptors (Lipinski definition) is 4. The van der Waals surface area contributed by atoms with Gasteiger partial charge in [0.1, 0.15) is 5.01 Å². The second-order valence-corrected chi connectivity index (χ2v) is 3.49. The lowest BCUT2D eigenvalue weighted by Crippen LogP contribution is -2.33. The van der Waals surface area contributed by atoms with Crippen LogP contribution in [0.15, 0.2) is 11.6 Å². The number of carbonyl (C=O) groups excluding carboxylic acids is 1. The summed E-state index contributed by atoms with van der Waals surface area (Å²) in [7, 11) is 0. The summed E-state index contributed by atoms with van der Waals surface area (Å²) in [5, 5.41) is 8.29. The van der Waals surface area contributed by atoms with Crippen molar-refractivity contribution in [2.24, 2.45) is 0 Å². The highest BCUT2D eigenvalue weighted by Crippen LogP contribution is 2.01. The molecular weight excluding hydrogens is 198 g/mol. The molecule has 1 rings (SSSR count). The maximum atomic E-state index is 11.1. The van der Waals surface area contributed by atoms with Gasteiger partial charge in [0.15, 0.2) is 0 Å². The number of amides is 1. The van der Waals surface area contributed by atoms with Gasteiger partial charge in [-0.2, -0.15) is 0 Å². The van der Waals surface area contributed by atoms with Gasteiger partial charge in [-0.15, -0.1) is 17.8 Å². The topological polar surface area (TPSA) is 54.0 Å². The van der Waals surface area contributed by atoms with E-state index in [9.17, 15) is 4.79 Å². The first kappa shape index (κ1) is 10.7. The van der Waals surface area contributed by atoms with Gasteiger partial charge in [0.25, 0.3) is 0 Å². The van der Waals surface area contributed by atoms with Crippen molar-refractivity contribution < 1.29 is 4.79 Å². The van der Waals surface area contributed by atoms with Crippen molar-refractivity contribution in [3.63, 3.8) is 0 Å². The van der Waals surface area contributed by atoms with E-state index in [0.717, 1.165) is 5.01 Å². The van der Waals surface area contributed by atoms with E-state index >= 15 is 0 Å². The van der Waals surface area contributed by atoms with Crippen LogP contribution in [0.2, 0.25) is 0 Å². The molecule has 1 aromatic heterocycles. The Balaban J connectivity index is 2.13. The molecule has 0 saturated heterocycles. The van der Waals surface area contributed by atoms with Gasteiger partial charge >= 0.3 is 0 Å². The fourth-order valence-corrected chi connectivity index (χ4v) is 1.38. The number of hydrogen-bond donors (Lipinski definition) is 2. The fourth-order valence-electron chi connectivity index (χ4n) is 0.825. The van der Waals surface area contributed by atoms with E-state index in [1.165, 1.54) is 11.3 Å². The number of terminal acetylenes is 1. The summed E-state index contributed by atoms with van der Waals surface area (Å²) in [6.45, 7) is 1.13. The lowest BCUT2D eigenvalue weighted by atomic mass is 10.5. The molecule has 2 N–H and O–H groups in total. The Labute approximate surface area is 86.7 Å². The van der Waals surface area contributed by atoms with E-state index in [-0.39, 0.29) is 12.5 Å². The van der Waals surface area contributed by atoms with Gasteiger partial charge < -0.3 is 5.32 Å². The molecular formula is C9H11N3OS. The molecule has 0 spiro atoms. The Morgan fingerprint density at radius 2 is 2.57 bits per heavy atom. The van der Waals surface area contributed by atoms with E-state index in [0.29, 0.717) is 13.1 Å². The van der Waals surface area contributed by atoms with Crippen LogP contribution in [0, 0.1) is 12.3 Å². The molecule has 1 amide bonds. The third-order valence-corrected chi connectivity index (χ3v) is 2.21. The summed E-state index contributed by atoms with van der Waals surface area (Å²) in [5.74, 6) is 2.32. The Hall–Kier alpha value is -1.38. The van der Waals surface area contributed by atoms with Gasteiger partial charge in [0, 0.05) is 11.6 Å². The molecule has 0 aliphatic carbocycles. The molecule has 0 aromatic carbocycles. The first-order valence-corrected chi connectivity index (χ1v) is 5.00. The smallest absolute Gasteiger partial charge is 0.234 e. The monoisotopic (exact) mass is 209 g/mol. The Bertz CT molecular complexity index is 315. The predicted molar refractivity (Wildman–Crippen MR) is 55.7 cm³/mol. The molecule has 1 aromatic rings. The van der Waals surface area contributed by atoms with Crippen molar-refractivity contribution in [1.29, 1.82) is 0 Å². The molecule has 0 fully saturated rings. The van der Waals surface area contributed by atoms with Gasteiger partial charge in [0.2, 0.25) is 5.91 Å². The zero-order valence-electron chi connectivity index (χ0n) is 7.62. The number of carbonyl (C=O) groups is 1. The van der Waals surface area contributed by atoms with Gasteiger partial charge in [-0.1, -0.05) is 5.92 Å². The van der Waals surface area contributed by atoms with E-state index in [1.54, 1.807) is 6.20 Å². The minimum atomic E-state index is -0.0737. The van der Waals surface area contributed by atoms with Gasteiger partial charge in [0.05, 0.1) is 19.6 Å². The molecule has 14 heavy (non-hydrogen) atoms. The van der Waals surface area contributed by atoms with Crippen molar-refractivity contribution in [1.82, 2.24) is 15.6 Å². The average Bonchev–Trinajstić information content (AvgIpc) is 2.68. The normalized spacial score (nSPS) is 9.36. The van der Waals surface area contributed by atoms with Crippen LogP contribution >= 0.6 is 11.3 Å². The molecule has 0 aliphatic heterocycles. The van der Waals surface area contributed by atoms with E-state index in [2.05, 4.69) is 21.5 Å². The lowest BCUT2D eigenvalue weighted by Gasteiger charge is -2.02. The first-order chi connectivity index (χ1) is 6.83. The van der Waals surface area contributed by atoms with E-state index < -0.39 is 0 Å². The van der Waals surface area contributed by atoms with Gasteiger partial charge in [-0.3, -0.25) is 10.1 Å². The third kappa shape index (κ3) is 4.03.